The van der Waals surface area contributed by atoms with Gasteiger partial charge in [-0.2, -0.15) is 0 Å². The topological polar surface area (TPSA) is 40.1 Å². The van der Waals surface area contributed by atoms with Gasteiger partial charge >= 0.3 is 29.6 Å². The normalized spacial score (nSPS) is 9.86. The Hall–Kier alpha value is -0.640. The summed E-state index contributed by atoms with van der Waals surface area (Å²) in [5.41, 5.74) is 0.665. The molecule has 0 aliphatic heterocycles. The second-order valence-electron chi connectivity index (χ2n) is 2.63. The van der Waals surface area contributed by atoms with Crippen molar-refractivity contribution in [3.63, 3.8) is 0 Å². The van der Waals surface area contributed by atoms with Crippen molar-refractivity contribution in [2.45, 2.75) is 6.92 Å². The molecule has 0 unspecified atom stereocenters. The molecule has 4 heteroatoms. The number of carbonyl (C=O) groups excluding carboxylic acids is 1. The molecule has 0 fully saturated rings. The van der Waals surface area contributed by atoms with Crippen molar-refractivity contribution in [2.75, 3.05) is 0 Å². The molecule has 68 valence electrons. The van der Waals surface area contributed by atoms with E-state index >= 15 is 0 Å². The molecule has 14 heavy (non-hydrogen) atoms. The van der Waals surface area contributed by atoms with E-state index in [0.29, 0.717) is 11.8 Å². The van der Waals surface area contributed by atoms with Crippen molar-refractivity contribution in [3.05, 3.63) is 47.5 Å². The van der Waals surface area contributed by atoms with Crippen LogP contribution in [0.15, 0.2) is 30.5 Å². The summed E-state index contributed by atoms with van der Waals surface area (Å²) in [5.74, 6) is -0.918. The fourth-order valence-electron chi connectivity index (χ4n) is 0.904. The Labute approximate surface area is 104 Å². The van der Waals surface area contributed by atoms with E-state index < -0.39 is 11.6 Å². The minimum atomic E-state index is -0.478. The van der Waals surface area contributed by atoms with Crippen LogP contribution in [0.3, 0.4) is 0 Å². The Bertz CT molecular complexity index is 361. The number of hydrogen-bond acceptors (Lipinski definition) is 2. The van der Waals surface area contributed by atoms with Crippen LogP contribution in [0.4, 0.5) is 4.39 Å². The van der Waals surface area contributed by atoms with Gasteiger partial charge in [-0.15, -0.1) is 6.26 Å². The number of carbonyl (C=O) groups is 1. The second kappa shape index (κ2) is 5.96. The third-order valence-electron chi connectivity index (χ3n) is 1.68. The van der Waals surface area contributed by atoms with E-state index in [-0.39, 0.29) is 35.1 Å². The van der Waals surface area contributed by atoms with Crippen LogP contribution in [-0.4, -0.2) is 5.78 Å². The van der Waals surface area contributed by atoms with E-state index in [9.17, 15) is 14.3 Å². The smallest absolute Gasteiger partial charge is 0.878 e. The van der Waals surface area contributed by atoms with Crippen LogP contribution in [0.2, 0.25) is 0 Å². The number of ketones is 1. The summed E-state index contributed by atoms with van der Waals surface area (Å²) in [6, 6.07) is 4.11. The molecule has 0 atom stereocenters. The van der Waals surface area contributed by atoms with Crippen LogP contribution in [0.25, 0.3) is 0 Å². The van der Waals surface area contributed by atoms with Crippen LogP contribution in [0.5, 0.6) is 0 Å². The minimum absolute atomic E-state index is 0. The maximum absolute atomic E-state index is 12.9. The molecule has 1 aromatic rings. The molecule has 0 bridgehead atoms. The molecule has 1 rings (SSSR count). The largest absolute Gasteiger partial charge is 1.00 e. The van der Waals surface area contributed by atoms with Gasteiger partial charge in [-0.25, -0.2) is 4.39 Å². The first kappa shape index (κ1) is 13.4. The molecule has 2 nitrogen and oxygen atoms in total. The number of allylic oxidation sites excluding steroid dienone is 1. The van der Waals surface area contributed by atoms with E-state index in [1.165, 1.54) is 12.1 Å². The molecule has 0 aliphatic rings. The third kappa shape index (κ3) is 3.25. The predicted molar refractivity (Wildman–Crippen MR) is 44.6 cm³/mol. The monoisotopic (exact) mass is 202 g/mol. The molecule has 1 aromatic carbocycles. The number of benzene rings is 1. The van der Waals surface area contributed by atoms with Crippen molar-refractivity contribution >= 4 is 5.78 Å². The molecule has 0 heterocycles. The fraction of sp³-hybridized carbons (Fsp3) is 0.100. The number of hydrogen-bond donors (Lipinski definition) is 0. The Balaban J connectivity index is 0.00000169. The van der Waals surface area contributed by atoms with Crippen LogP contribution in [0.1, 0.15) is 15.9 Å². The quantitative estimate of drug-likeness (QED) is 0.245. The van der Waals surface area contributed by atoms with Gasteiger partial charge in [-0.1, -0.05) is 12.1 Å². The first-order valence-corrected chi connectivity index (χ1v) is 3.74. The zero-order chi connectivity index (χ0) is 9.84. The van der Waals surface area contributed by atoms with Gasteiger partial charge in [0.2, 0.25) is 0 Å². The van der Waals surface area contributed by atoms with E-state index in [2.05, 4.69) is 0 Å². The third-order valence-corrected chi connectivity index (χ3v) is 1.68. The van der Waals surface area contributed by atoms with Crippen LogP contribution >= 0.6 is 0 Å². The Kier molecular flexibility index (Phi) is 5.69. The van der Waals surface area contributed by atoms with Gasteiger partial charge < -0.3 is 5.11 Å². The fourth-order valence-corrected chi connectivity index (χ4v) is 0.904. The van der Waals surface area contributed by atoms with Crippen molar-refractivity contribution < 1.29 is 43.8 Å². The number of halogens is 1. The predicted octanol–water partition coefficient (Wildman–Crippen LogP) is -1.81. The van der Waals surface area contributed by atoms with Crippen LogP contribution < -0.4 is 34.7 Å². The summed E-state index contributed by atoms with van der Waals surface area (Å²) in [7, 11) is 0. The van der Waals surface area contributed by atoms with Gasteiger partial charge in [-0.05, 0) is 24.6 Å². The molecule has 0 amide bonds. The van der Waals surface area contributed by atoms with Crippen LogP contribution in [0, 0.1) is 12.7 Å². The second-order valence-corrected chi connectivity index (χ2v) is 2.63. The molecule has 0 aliphatic carbocycles. The molecule has 0 spiro atoms. The Morgan fingerprint density at radius 1 is 1.50 bits per heavy atom. The zero-order valence-electron chi connectivity index (χ0n) is 8.08. The molecule has 0 saturated heterocycles. The summed E-state index contributed by atoms with van der Waals surface area (Å²) < 4.78 is 12.9. The van der Waals surface area contributed by atoms with Gasteiger partial charge in [0.1, 0.15) is 5.82 Å². The van der Waals surface area contributed by atoms with Gasteiger partial charge in [-0.3, -0.25) is 4.79 Å². The van der Waals surface area contributed by atoms with E-state index in [1.54, 1.807) is 6.92 Å². The Morgan fingerprint density at radius 2 is 2.14 bits per heavy atom. The minimum Gasteiger partial charge on any atom is -0.878 e. The van der Waals surface area contributed by atoms with Crippen molar-refractivity contribution in [2.24, 2.45) is 0 Å². The summed E-state index contributed by atoms with van der Waals surface area (Å²) in [6.45, 7) is 1.60. The van der Waals surface area contributed by atoms with Gasteiger partial charge in [0, 0.05) is 5.56 Å². The number of rotatable bonds is 2. The van der Waals surface area contributed by atoms with E-state index in [0.717, 1.165) is 12.1 Å². The number of aryl methyl sites for hydroxylation is 1. The summed E-state index contributed by atoms with van der Waals surface area (Å²) in [4.78, 5) is 11.1. The molecule has 0 saturated carbocycles. The molecular formula is C10H8FNaO2. The molecule has 0 N–H and O–H groups in total. The van der Waals surface area contributed by atoms with Gasteiger partial charge in [0.05, 0.1) is 0 Å². The Morgan fingerprint density at radius 3 is 2.64 bits per heavy atom. The van der Waals surface area contributed by atoms with Crippen molar-refractivity contribution in [3.8, 4) is 0 Å². The maximum Gasteiger partial charge on any atom is 1.00 e. The van der Waals surface area contributed by atoms with Gasteiger partial charge in [0.15, 0.2) is 5.78 Å². The molecule has 0 radical (unpaired) electrons. The average Bonchev–Trinajstić information content (AvgIpc) is 2.10. The standard InChI is InChI=1S/C10H9FO2.Na/c1-7-2-3-8(6-9(7)11)10(13)4-5-12;/h2-6,12H,1H3;/q;+1/p-1. The summed E-state index contributed by atoms with van der Waals surface area (Å²) in [5, 5.41) is 9.97. The van der Waals surface area contributed by atoms with E-state index in [4.69, 9.17) is 0 Å². The molecule has 0 aromatic heterocycles. The van der Waals surface area contributed by atoms with E-state index in [1.807, 2.05) is 0 Å². The first-order valence-electron chi connectivity index (χ1n) is 3.74. The van der Waals surface area contributed by atoms with Gasteiger partial charge in [0.25, 0.3) is 0 Å². The SMILES string of the molecule is Cc1ccc(C(=O)C=C[O-])cc1F.[Na+]. The molecular weight excluding hydrogens is 194 g/mol. The summed E-state index contributed by atoms with van der Waals surface area (Å²) in [6.07, 6.45) is 1.25. The first-order chi connectivity index (χ1) is 6.15. The van der Waals surface area contributed by atoms with Crippen LogP contribution in [-0.2, 0) is 0 Å². The zero-order valence-corrected chi connectivity index (χ0v) is 10.1. The average molecular weight is 202 g/mol. The summed E-state index contributed by atoms with van der Waals surface area (Å²) >= 11 is 0. The van der Waals surface area contributed by atoms with Crippen molar-refractivity contribution in [1.82, 2.24) is 0 Å². The van der Waals surface area contributed by atoms with Crippen molar-refractivity contribution in [1.29, 1.82) is 0 Å². The maximum atomic E-state index is 12.9.